The van der Waals surface area contributed by atoms with Crippen molar-refractivity contribution in [1.82, 2.24) is 4.98 Å². The minimum atomic E-state index is -0.151. The maximum absolute atomic E-state index is 10.8. The van der Waals surface area contributed by atoms with Gasteiger partial charge in [-0.3, -0.25) is 9.78 Å². The highest BCUT2D eigenvalue weighted by molar-refractivity contribution is 5.93. The molecule has 0 spiro atoms. The second-order valence-corrected chi connectivity index (χ2v) is 3.16. The third-order valence-electron chi connectivity index (χ3n) is 1.98. The van der Waals surface area contributed by atoms with E-state index in [2.05, 4.69) is 16.4 Å². The van der Waals surface area contributed by atoms with Gasteiger partial charge in [0.15, 0.2) is 0 Å². The minimum Gasteiger partial charge on any atom is -0.507 e. The van der Waals surface area contributed by atoms with Crippen LogP contribution in [-0.4, -0.2) is 16.0 Å². The first-order valence-electron chi connectivity index (χ1n) is 4.44. The molecule has 0 saturated heterocycles. The molecule has 1 amide bonds. The summed E-state index contributed by atoms with van der Waals surface area (Å²) in [6, 6.07) is 7.71. The molecule has 4 heteroatoms. The maximum atomic E-state index is 10.8. The lowest BCUT2D eigenvalue weighted by atomic mass is 10.2. The van der Waals surface area contributed by atoms with Crippen LogP contribution in [0.15, 0.2) is 24.4 Å². The second-order valence-electron chi connectivity index (χ2n) is 3.16. The standard InChI is InChI=1S/C11H9N2O2/c1-7(14)13-8-2-3-10-9(6-8)11(15)4-5-12-10/h2-3,5-6H,1H3,(H,12,15)(H,13,14). The van der Waals surface area contributed by atoms with E-state index in [9.17, 15) is 9.90 Å². The first-order chi connectivity index (χ1) is 7.16. The van der Waals surface area contributed by atoms with Crippen LogP contribution < -0.4 is 5.32 Å². The number of hydrogen-bond acceptors (Lipinski definition) is 3. The molecule has 0 fully saturated rings. The summed E-state index contributed by atoms with van der Waals surface area (Å²) in [7, 11) is 0. The second kappa shape index (κ2) is 3.57. The smallest absolute Gasteiger partial charge is 0.221 e. The van der Waals surface area contributed by atoms with Gasteiger partial charge in [-0.1, -0.05) is 0 Å². The molecule has 0 atom stereocenters. The van der Waals surface area contributed by atoms with Crippen LogP contribution >= 0.6 is 0 Å². The van der Waals surface area contributed by atoms with Crippen molar-refractivity contribution in [3.63, 3.8) is 0 Å². The zero-order valence-corrected chi connectivity index (χ0v) is 8.11. The Kier molecular flexibility index (Phi) is 2.25. The Labute approximate surface area is 86.6 Å². The number of anilines is 1. The van der Waals surface area contributed by atoms with Gasteiger partial charge in [0.1, 0.15) is 5.75 Å². The number of fused-ring (bicyclic) bond motifs is 1. The van der Waals surface area contributed by atoms with E-state index >= 15 is 0 Å². The van der Waals surface area contributed by atoms with Gasteiger partial charge < -0.3 is 10.4 Å². The molecule has 1 heterocycles. The van der Waals surface area contributed by atoms with E-state index in [1.165, 1.54) is 13.1 Å². The normalized spacial score (nSPS) is 10.2. The highest BCUT2D eigenvalue weighted by atomic mass is 16.3. The van der Waals surface area contributed by atoms with Gasteiger partial charge >= 0.3 is 0 Å². The van der Waals surface area contributed by atoms with Crippen molar-refractivity contribution in [3.8, 4) is 5.75 Å². The summed E-state index contributed by atoms with van der Waals surface area (Å²) in [5.74, 6) is -0.117. The average Bonchev–Trinajstić information content (AvgIpc) is 2.18. The topological polar surface area (TPSA) is 62.2 Å². The van der Waals surface area contributed by atoms with E-state index in [1.54, 1.807) is 18.2 Å². The lowest BCUT2D eigenvalue weighted by Gasteiger charge is -2.04. The lowest BCUT2D eigenvalue weighted by molar-refractivity contribution is -0.114. The van der Waals surface area contributed by atoms with Crippen molar-refractivity contribution in [2.45, 2.75) is 6.92 Å². The minimum absolute atomic E-state index is 0.0344. The highest BCUT2D eigenvalue weighted by Crippen LogP contribution is 2.24. The Morgan fingerprint density at radius 1 is 1.53 bits per heavy atom. The number of carbonyl (C=O) groups is 1. The van der Waals surface area contributed by atoms with Gasteiger partial charge in [-0.2, -0.15) is 0 Å². The van der Waals surface area contributed by atoms with Crippen LogP contribution in [-0.2, 0) is 4.79 Å². The monoisotopic (exact) mass is 201 g/mol. The molecule has 0 saturated carbocycles. The van der Waals surface area contributed by atoms with E-state index in [0.29, 0.717) is 16.6 Å². The molecule has 2 rings (SSSR count). The molecule has 0 unspecified atom stereocenters. The Bertz CT molecular complexity index is 523. The molecule has 75 valence electrons. The van der Waals surface area contributed by atoms with Crippen LogP contribution in [0.4, 0.5) is 5.69 Å². The molecule has 2 N–H and O–H groups in total. The number of rotatable bonds is 1. The van der Waals surface area contributed by atoms with Crippen LogP contribution in [0.1, 0.15) is 6.92 Å². The van der Waals surface area contributed by atoms with Gasteiger partial charge in [0.2, 0.25) is 5.91 Å². The van der Waals surface area contributed by atoms with Crippen molar-refractivity contribution in [1.29, 1.82) is 0 Å². The fraction of sp³-hybridized carbons (Fsp3) is 0.0909. The molecule has 0 bridgehead atoms. The highest BCUT2D eigenvalue weighted by Gasteiger charge is 2.02. The van der Waals surface area contributed by atoms with E-state index in [0.717, 1.165) is 0 Å². The lowest BCUT2D eigenvalue weighted by Crippen LogP contribution is -2.05. The van der Waals surface area contributed by atoms with Gasteiger partial charge in [-0.15, -0.1) is 0 Å². The van der Waals surface area contributed by atoms with Crippen LogP contribution in [0.3, 0.4) is 0 Å². The summed E-state index contributed by atoms with van der Waals surface area (Å²) in [5, 5.41) is 12.7. The van der Waals surface area contributed by atoms with Gasteiger partial charge in [0.05, 0.1) is 5.52 Å². The van der Waals surface area contributed by atoms with E-state index in [-0.39, 0.29) is 11.7 Å². The quantitative estimate of drug-likeness (QED) is 0.738. The number of amides is 1. The zero-order chi connectivity index (χ0) is 10.8. The first-order valence-corrected chi connectivity index (χ1v) is 4.44. The number of carbonyl (C=O) groups excluding carboxylic acids is 1. The molecular formula is C11H9N2O2. The number of nitrogens with zero attached hydrogens (tertiary/aromatic N) is 1. The molecule has 2 aromatic rings. The number of aromatic nitrogens is 1. The molecule has 1 radical (unpaired) electrons. The average molecular weight is 201 g/mol. The Morgan fingerprint density at radius 2 is 2.33 bits per heavy atom. The molecule has 1 aromatic carbocycles. The number of nitrogens with one attached hydrogen (secondary N) is 1. The number of aromatic hydroxyl groups is 1. The Hall–Kier alpha value is -2.10. The van der Waals surface area contributed by atoms with E-state index in [1.807, 2.05) is 0 Å². The van der Waals surface area contributed by atoms with Gasteiger partial charge in [-0.25, -0.2) is 0 Å². The molecule has 1 aromatic heterocycles. The van der Waals surface area contributed by atoms with Crippen molar-refractivity contribution < 1.29 is 9.90 Å². The number of pyridine rings is 1. The third-order valence-corrected chi connectivity index (χ3v) is 1.98. The summed E-state index contributed by atoms with van der Waals surface area (Å²) in [6.45, 7) is 1.43. The largest absolute Gasteiger partial charge is 0.507 e. The number of hydrogen-bond donors (Lipinski definition) is 2. The summed E-state index contributed by atoms with van der Waals surface area (Å²) < 4.78 is 0. The third kappa shape index (κ3) is 1.88. The summed E-state index contributed by atoms with van der Waals surface area (Å²) in [6.07, 6.45) is 1.41. The summed E-state index contributed by atoms with van der Waals surface area (Å²) >= 11 is 0. The molecule has 4 nitrogen and oxygen atoms in total. The Balaban J connectivity index is 2.54. The van der Waals surface area contributed by atoms with Gasteiger partial charge in [-0.05, 0) is 18.2 Å². The van der Waals surface area contributed by atoms with Crippen molar-refractivity contribution in [2.24, 2.45) is 0 Å². The van der Waals surface area contributed by atoms with E-state index in [4.69, 9.17) is 0 Å². The summed E-state index contributed by atoms with van der Waals surface area (Å²) in [5.41, 5.74) is 1.30. The van der Waals surface area contributed by atoms with Crippen molar-refractivity contribution in [3.05, 3.63) is 30.5 Å². The number of benzene rings is 1. The predicted molar refractivity (Wildman–Crippen MR) is 56.5 cm³/mol. The van der Waals surface area contributed by atoms with E-state index < -0.39 is 0 Å². The predicted octanol–water partition coefficient (Wildman–Crippen LogP) is 1.70. The molecular weight excluding hydrogens is 192 g/mol. The molecule has 0 aliphatic carbocycles. The van der Waals surface area contributed by atoms with Crippen molar-refractivity contribution in [2.75, 3.05) is 5.32 Å². The van der Waals surface area contributed by atoms with Crippen LogP contribution in [0.2, 0.25) is 0 Å². The zero-order valence-electron chi connectivity index (χ0n) is 8.11. The first kappa shape index (κ1) is 9.45. The Morgan fingerprint density at radius 3 is 3.07 bits per heavy atom. The SMILES string of the molecule is CC(=O)Nc1ccc2nc[c]c(O)c2c1. The molecule has 0 aliphatic heterocycles. The molecule has 0 aliphatic rings. The maximum Gasteiger partial charge on any atom is 0.221 e. The fourth-order valence-corrected chi connectivity index (χ4v) is 1.36. The van der Waals surface area contributed by atoms with Crippen molar-refractivity contribution >= 4 is 22.5 Å². The van der Waals surface area contributed by atoms with Crippen LogP contribution in [0.5, 0.6) is 5.75 Å². The van der Waals surface area contributed by atoms with Gasteiger partial charge in [0.25, 0.3) is 0 Å². The fourth-order valence-electron chi connectivity index (χ4n) is 1.36. The molecule has 15 heavy (non-hydrogen) atoms. The summed E-state index contributed by atoms with van der Waals surface area (Å²) in [4.78, 5) is 14.9. The van der Waals surface area contributed by atoms with Crippen LogP contribution in [0.25, 0.3) is 10.9 Å². The van der Waals surface area contributed by atoms with Crippen LogP contribution in [0, 0.1) is 6.07 Å². The van der Waals surface area contributed by atoms with Gasteiger partial charge in [0, 0.05) is 30.3 Å².